The SMILES string of the molecule is CC(C)c1nc(-c2ccccc2NC(=O)c2cn(C3CCNCC3)nn2)n[nH]1. The Kier molecular flexibility index (Phi) is 5.16. The standard InChI is InChI=1S/C19H24N8O/c1-12(2)17-22-18(25-24-17)14-5-3-4-6-15(14)21-19(28)16-11-27(26-23-16)13-7-9-20-10-8-13/h3-6,11-13,20H,7-10H2,1-2H3,(H,21,28)(H,22,24,25). The molecule has 3 aromatic rings. The molecule has 0 saturated carbocycles. The molecule has 146 valence electrons. The van der Waals surface area contributed by atoms with E-state index in [1.807, 2.05) is 38.1 Å². The fraction of sp³-hybridized carbons (Fsp3) is 0.421. The van der Waals surface area contributed by atoms with Gasteiger partial charge in [0.2, 0.25) is 0 Å². The number of carbonyl (C=O) groups is 1. The van der Waals surface area contributed by atoms with Gasteiger partial charge in [-0.3, -0.25) is 9.89 Å². The maximum absolute atomic E-state index is 12.7. The van der Waals surface area contributed by atoms with Crippen LogP contribution in [0, 0.1) is 0 Å². The molecule has 0 atom stereocenters. The predicted molar refractivity (Wildman–Crippen MR) is 105 cm³/mol. The number of para-hydroxylation sites is 1. The van der Waals surface area contributed by atoms with Crippen LogP contribution < -0.4 is 10.6 Å². The summed E-state index contributed by atoms with van der Waals surface area (Å²) in [6, 6.07) is 7.75. The van der Waals surface area contributed by atoms with Crippen LogP contribution in [0.4, 0.5) is 5.69 Å². The Morgan fingerprint density at radius 1 is 1.25 bits per heavy atom. The number of piperidine rings is 1. The highest BCUT2D eigenvalue weighted by Gasteiger charge is 2.20. The van der Waals surface area contributed by atoms with E-state index in [-0.39, 0.29) is 17.9 Å². The number of rotatable bonds is 5. The van der Waals surface area contributed by atoms with Crippen LogP contribution in [-0.2, 0) is 0 Å². The van der Waals surface area contributed by atoms with Gasteiger partial charge in [0.05, 0.1) is 17.9 Å². The fourth-order valence-corrected chi connectivity index (χ4v) is 3.26. The third-order valence-corrected chi connectivity index (χ3v) is 4.89. The van der Waals surface area contributed by atoms with E-state index in [9.17, 15) is 4.79 Å². The number of nitrogens with one attached hydrogen (secondary N) is 3. The van der Waals surface area contributed by atoms with Crippen LogP contribution >= 0.6 is 0 Å². The Balaban J connectivity index is 1.53. The van der Waals surface area contributed by atoms with Gasteiger partial charge in [0.1, 0.15) is 5.82 Å². The van der Waals surface area contributed by atoms with Gasteiger partial charge in [-0.1, -0.05) is 31.2 Å². The van der Waals surface area contributed by atoms with Gasteiger partial charge in [-0.2, -0.15) is 5.10 Å². The zero-order valence-electron chi connectivity index (χ0n) is 16.0. The lowest BCUT2D eigenvalue weighted by atomic mass is 10.1. The molecule has 0 radical (unpaired) electrons. The molecule has 3 N–H and O–H groups in total. The average Bonchev–Trinajstić information content (AvgIpc) is 3.39. The van der Waals surface area contributed by atoms with Crippen molar-refractivity contribution < 1.29 is 4.79 Å². The molecule has 9 nitrogen and oxygen atoms in total. The number of aromatic nitrogens is 6. The lowest BCUT2D eigenvalue weighted by Crippen LogP contribution is -2.29. The average molecular weight is 380 g/mol. The number of nitrogens with zero attached hydrogens (tertiary/aromatic N) is 5. The number of hydrogen-bond acceptors (Lipinski definition) is 6. The van der Waals surface area contributed by atoms with E-state index in [1.54, 1.807) is 10.9 Å². The molecule has 0 spiro atoms. The predicted octanol–water partition coefficient (Wildman–Crippen LogP) is 2.36. The molecular formula is C19H24N8O. The van der Waals surface area contributed by atoms with Crippen molar-refractivity contribution in [2.45, 2.75) is 38.6 Å². The molecule has 1 saturated heterocycles. The van der Waals surface area contributed by atoms with Crippen LogP contribution in [0.3, 0.4) is 0 Å². The number of carbonyl (C=O) groups excluding carboxylic acids is 1. The van der Waals surface area contributed by atoms with Gasteiger partial charge in [0.25, 0.3) is 5.91 Å². The number of benzene rings is 1. The number of hydrogen-bond donors (Lipinski definition) is 3. The summed E-state index contributed by atoms with van der Waals surface area (Å²) in [5.41, 5.74) is 1.69. The summed E-state index contributed by atoms with van der Waals surface area (Å²) < 4.78 is 1.80. The molecule has 1 amide bonds. The van der Waals surface area contributed by atoms with Gasteiger partial charge in [-0.15, -0.1) is 5.10 Å². The van der Waals surface area contributed by atoms with Crippen LogP contribution in [0.5, 0.6) is 0 Å². The summed E-state index contributed by atoms with van der Waals surface area (Å²) in [5.74, 6) is 1.30. The van der Waals surface area contributed by atoms with E-state index in [2.05, 4.69) is 36.1 Å². The Bertz CT molecular complexity index is 954. The first-order chi connectivity index (χ1) is 13.6. The summed E-state index contributed by atoms with van der Waals surface area (Å²) in [4.78, 5) is 17.2. The summed E-state index contributed by atoms with van der Waals surface area (Å²) in [6.07, 6.45) is 3.68. The normalized spacial score (nSPS) is 15.1. The van der Waals surface area contributed by atoms with Crippen molar-refractivity contribution in [3.8, 4) is 11.4 Å². The Labute approximate surface area is 162 Å². The first kappa shape index (κ1) is 18.3. The lowest BCUT2D eigenvalue weighted by Gasteiger charge is -2.22. The van der Waals surface area contributed by atoms with Crippen molar-refractivity contribution in [1.82, 2.24) is 35.5 Å². The van der Waals surface area contributed by atoms with Gasteiger partial charge in [-0.25, -0.2) is 9.67 Å². The van der Waals surface area contributed by atoms with Gasteiger partial charge < -0.3 is 10.6 Å². The van der Waals surface area contributed by atoms with Crippen molar-refractivity contribution in [3.63, 3.8) is 0 Å². The maximum Gasteiger partial charge on any atom is 0.277 e. The van der Waals surface area contributed by atoms with Gasteiger partial charge in [-0.05, 0) is 38.1 Å². The summed E-state index contributed by atoms with van der Waals surface area (Å²) in [7, 11) is 0. The molecule has 0 aliphatic carbocycles. The van der Waals surface area contributed by atoms with Crippen molar-refractivity contribution >= 4 is 11.6 Å². The lowest BCUT2D eigenvalue weighted by molar-refractivity contribution is 0.102. The minimum absolute atomic E-state index is 0.244. The van der Waals surface area contributed by atoms with Crippen molar-refractivity contribution in [2.75, 3.05) is 18.4 Å². The molecule has 4 rings (SSSR count). The highest BCUT2D eigenvalue weighted by molar-refractivity contribution is 6.04. The van der Waals surface area contributed by atoms with Gasteiger partial charge in [0.15, 0.2) is 11.5 Å². The Hall–Kier alpha value is -3.07. The summed E-state index contributed by atoms with van der Waals surface area (Å²) in [5, 5.41) is 21.7. The summed E-state index contributed by atoms with van der Waals surface area (Å²) >= 11 is 0. The number of aromatic amines is 1. The molecule has 0 unspecified atom stereocenters. The quantitative estimate of drug-likeness (QED) is 0.626. The first-order valence-electron chi connectivity index (χ1n) is 9.57. The number of H-pyrrole nitrogens is 1. The maximum atomic E-state index is 12.7. The van der Waals surface area contributed by atoms with E-state index in [4.69, 9.17) is 0 Å². The fourth-order valence-electron chi connectivity index (χ4n) is 3.26. The number of amides is 1. The molecule has 3 heterocycles. The third-order valence-electron chi connectivity index (χ3n) is 4.89. The topological polar surface area (TPSA) is 113 Å². The molecule has 9 heteroatoms. The third kappa shape index (κ3) is 3.79. The second-order valence-corrected chi connectivity index (χ2v) is 7.26. The Morgan fingerprint density at radius 3 is 2.79 bits per heavy atom. The molecule has 1 aliphatic rings. The minimum Gasteiger partial charge on any atom is -0.320 e. The van der Waals surface area contributed by atoms with E-state index in [0.29, 0.717) is 17.2 Å². The number of anilines is 1. The van der Waals surface area contributed by atoms with Crippen LogP contribution in [0.15, 0.2) is 30.5 Å². The molecule has 28 heavy (non-hydrogen) atoms. The van der Waals surface area contributed by atoms with E-state index >= 15 is 0 Å². The van der Waals surface area contributed by atoms with Crippen LogP contribution in [0.25, 0.3) is 11.4 Å². The largest absolute Gasteiger partial charge is 0.320 e. The van der Waals surface area contributed by atoms with E-state index < -0.39 is 0 Å². The molecule has 0 bridgehead atoms. The second-order valence-electron chi connectivity index (χ2n) is 7.26. The highest BCUT2D eigenvalue weighted by Crippen LogP contribution is 2.26. The summed E-state index contributed by atoms with van der Waals surface area (Å²) in [6.45, 7) is 6.00. The monoisotopic (exact) mass is 380 g/mol. The zero-order chi connectivity index (χ0) is 19.5. The van der Waals surface area contributed by atoms with Crippen molar-refractivity contribution in [3.05, 3.63) is 42.0 Å². The van der Waals surface area contributed by atoms with Gasteiger partial charge in [0, 0.05) is 11.5 Å². The van der Waals surface area contributed by atoms with Crippen LogP contribution in [0.2, 0.25) is 0 Å². The second kappa shape index (κ2) is 7.89. The van der Waals surface area contributed by atoms with Gasteiger partial charge >= 0.3 is 0 Å². The first-order valence-corrected chi connectivity index (χ1v) is 9.57. The van der Waals surface area contributed by atoms with Crippen LogP contribution in [-0.4, -0.2) is 49.2 Å². The minimum atomic E-state index is -0.299. The molecular weight excluding hydrogens is 356 g/mol. The molecule has 1 aliphatic heterocycles. The zero-order valence-corrected chi connectivity index (χ0v) is 16.0. The molecule has 1 aromatic carbocycles. The van der Waals surface area contributed by atoms with Crippen molar-refractivity contribution in [1.29, 1.82) is 0 Å². The Morgan fingerprint density at radius 2 is 2.04 bits per heavy atom. The highest BCUT2D eigenvalue weighted by atomic mass is 16.2. The molecule has 2 aromatic heterocycles. The van der Waals surface area contributed by atoms with Crippen LogP contribution in [0.1, 0.15) is 55.0 Å². The van der Waals surface area contributed by atoms with E-state index in [0.717, 1.165) is 37.3 Å². The smallest absolute Gasteiger partial charge is 0.277 e. The molecule has 1 fully saturated rings. The van der Waals surface area contributed by atoms with E-state index in [1.165, 1.54) is 0 Å². The van der Waals surface area contributed by atoms with Crippen molar-refractivity contribution in [2.24, 2.45) is 0 Å².